The summed E-state index contributed by atoms with van der Waals surface area (Å²) in [6.07, 6.45) is 1.30. The summed E-state index contributed by atoms with van der Waals surface area (Å²) in [5.41, 5.74) is 10.4. The Labute approximate surface area is 119 Å². The summed E-state index contributed by atoms with van der Waals surface area (Å²) in [7, 11) is 0. The Kier molecular flexibility index (Phi) is 8.19. The number of nitrogens with zero attached hydrogens (tertiary/aromatic N) is 1. The molecule has 0 aliphatic carbocycles. The fourth-order valence-electron chi connectivity index (χ4n) is 1.63. The first-order valence-corrected chi connectivity index (χ1v) is 6.59. The van der Waals surface area contributed by atoms with Crippen molar-refractivity contribution in [2.45, 2.75) is 46.1 Å². The number of Topliss-reactive ketones (excluding diaryl/α,β-unsaturated/α-hetero) is 2. The first-order valence-electron chi connectivity index (χ1n) is 6.59. The van der Waals surface area contributed by atoms with Crippen LogP contribution in [-0.2, 0) is 14.4 Å². The molecule has 0 saturated heterocycles. The van der Waals surface area contributed by atoms with Crippen LogP contribution in [0.4, 0.5) is 0 Å². The molecular weight excluding hydrogens is 260 g/mol. The molecular formula is C13H24N4O3. The minimum atomic E-state index is -0.736. The number of amides is 1. The third-order valence-electron chi connectivity index (χ3n) is 2.84. The fraction of sp³-hybridized carbons (Fsp3) is 0.692. The highest BCUT2D eigenvalue weighted by Crippen LogP contribution is 2.07. The molecule has 0 heterocycles. The van der Waals surface area contributed by atoms with Gasteiger partial charge in [0, 0.05) is 18.9 Å². The number of hydrogen-bond donors (Lipinski definition) is 3. The molecule has 0 aliphatic heterocycles. The summed E-state index contributed by atoms with van der Waals surface area (Å²) in [4.78, 5) is 38.1. The number of hydrogen-bond acceptors (Lipinski definition) is 4. The van der Waals surface area contributed by atoms with Gasteiger partial charge in [0.15, 0.2) is 11.7 Å². The molecule has 2 atom stereocenters. The van der Waals surface area contributed by atoms with Crippen molar-refractivity contribution < 1.29 is 14.4 Å². The van der Waals surface area contributed by atoms with Crippen molar-refractivity contribution in [1.82, 2.24) is 5.32 Å². The van der Waals surface area contributed by atoms with Crippen LogP contribution in [0.5, 0.6) is 0 Å². The van der Waals surface area contributed by atoms with E-state index >= 15 is 0 Å². The molecule has 0 aromatic carbocycles. The molecule has 0 saturated carbocycles. The predicted octanol–water partition coefficient (Wildman–Crippen LogP) is -0.271. The summed E-state index contributed by atoms with van der Waals surface area (Å²) >= 11 is 0. The second-order valence-corrected chi connectivity index (χ2v) is 4.93. The number of carbonyl (C=O) groups is 3. The standard InChI is InChI=1S/C13H24N4O3/c1-8(5-4-6-16-13(14)15)12(20)17-11(10(3)19)7-9(2)18/h8,11H,4-7H2,1-3H3,(H,17,20)(H4,14,15,16)/t8-,11-/m0/s1. The van der Waals surface area contributed by atoms with Gasteiger partial charge in [-0.3, -0.25) is 19.4 Å². The number of guanidine groups is 1. The second-order valence-electron chi connectivity index (χ2n) is 4.93. The van der Waals surface area contributed by atoms with Crippen LogP contribution >= 0.6 is 0 Å². The third kappa shape index (κ3) is 8.23. The maximum atomic E-state index is 11.9. The highest BCUT2D eigenvalue weighted by atomic mass is 16.2. The van der Waals surface area contributed by atoms with Gasteiger partial charge in [0.05, 0.1) is 6.04 Å². The van der Waals surface area contributed by atoms with E-state index in [9.17, 15) is 14.4 Å². The van der Waals surface area contributed by atoms with Gasteiger partial charge in [0.2, 0.25) is 5.91 Å². The van der Waals surface area contributed by atoms with Crippen molar-refractivity contribution in [3.05, 3.63) is 0 Å². The zero-order chi connectivity index (χ0) is 15.7. The van der Waals surface area contributed by atoms with Crippen LogP contribution in [0.2, 0.25) is 0 Å². The zero-order valence-electron chi connectivity index (χ0n) is 12.3. The summed E-state index contributed by atoms with van der Waals surface area (Å²) in [5.74, 6) is -0.832. The Hall–Kier alpha value is -1.92. The Balaban J connectivity index is 4.25. The fourth-order valence-corrected chi connectivity index (χ4v) is 1.63. The van der Waals surface area contributed by atoms with Gasteiger partial charge < -0.3 is 16.8 Å². The molecule has 114 valence electrons. The monoisotopic (exact) mass is 284 g/mol. The molecule has 0 fully saturated rings. The normalized spacial score (nSPS) is 13.2. The summed E-state index contributed by atoms with van der Waals surface area (Å²) in [6.45, 7) is 4.97. The van der Waals surface area contributed by atoms with Crippen LogP contribution in [0.3, 0.4) is 0 Å². The highest BCUT2D eigenvalue weighted by Gasteiger charge is 2.21. The smallest absolute Gasteiger partial charge is 0.223 e. The number of nitrogens with two attached hydrogens (primary N) is 2. The molecule has 0 spiro atoms. The average molecular weight is 284 g/mol. The van der Waals surface area contributed by atoms with E-state index in [4.69, 9.17) is 11.5 Å². The van der Waals surface area contributed by atoms with Gasteiger partial charge >= 0.3 is 0 Å². The van der Waals surface area contributed by atoms with Crippen LogP contribution in [0.1, 0.15) is 40.0 Å². The molecule has 7 heteroatoms. The molecule has 0 aromatic heterocycles. The lowest BCUT2D eigenvalue weighted by molar-refractivity contribution is -0.130. The van der Waals surface area contributed by atoms with Crippen molar-refractivity contribution in [3.63, 3.8) is 0 Å². The van der Waals surface area contributed by atoms with Crippen molar-refractivity contribution in [2.24, 2.45) is 22.4 Å². The molecule has 1 amide bonds. The second kappa shape index (κ2) is 9.06. The minimum absolute atomic E-state index is 0.0280. The highest BCUT2D eigenvalue weighted by molar-refractivity contribution is 5.92. The van der Waals surface area contributed by atoms with Gasteiger partial charge in [-0.05, 0) is 26.7 Å². The molecule has 0 rings (SSSR count). The Morgan fingerprint density at radius 2 is 1.80 bits per heavy atom. The van der Waals surface area contributed by atoms with Crippen LogP contribution in [-0.4, -0.2) is 36.0 Å². The van der Waals surface area contributed by atoms with Crippen LogP contribution in [0.15, 0.2) is 4.99 Å². The van der Waals surface area contributed by atoms with Gasteiger partial charge in [-0.2, -0.15) is 0 Å². The molecule has 0 unspecified atom stereocenters. The SMILES string of the molecule is CC(=O)C[C@H](NC(=O)[C@@H](C)CCCN=C(N)N)C(C)=O. The van der Waals surface area contributed by atoms with Crippen molar-refractivity contribution >= 4 is 23.4 Å². The molecule has 20 heavy (non-hydrogen) atoms. The van der Waals surface area contributed by atoms with Crippen molar-refractivity contribution in [1.29, 1.82) is 0 Å². The lowest BCUT2D eigenvalue weighted by atomic mass is 10.0. The lowest BCUT2D eigenvalue weighted by Crippen LogP contribution is -2.43. The van der Waals surface area contributed by atoms with Crippen LogP contribution < -0.4 is 16.8 Å². The van der Waals surface area contributed by atoms with E-state index in [0.29, 0.717) is 19.4 Å². The van der Waals surface area contributed by atoms with E-state index < -0.39 is 6.04 Å². The Morgan fingerprint density at radius 1 is 1.20 bits per heavy atom. The number of carbonyl (C=O) groups excluding carboxylic acids is 3. The summed E-state index contributed by atoms with van der Waals surface area (Å²) in [6, 6.07) is -0.736. The first-order chi connectivity index (χ1) is 9.23. The third-order valence-corrected chi connectivity index (χ3v) is 2.84. The molecule has 0 radical (unpaired) electrons. The van der Waals surface area contributed by atoms with Crippen molar-refractivity contribution in [3.8, 4) is 0 Å². The van der Waals surface area contributed by atoms with E-state index in [2.05, 4.69) is 10.3 Å². The number of rotatable bonds is 9. The van der Waals surface area contributed by atoms with Gasteiger partial charge in [-0.15, -0.1) is 0 Å². The van der Waals surface area contributed by atoms with E-state index in [0.717, 1.165) is 0 Å². The summed E-state index contributed by atoms with van der Waals surface area (Å²) in [5, 5.41) is 2.60. The van der Waals surface area contributed by atoms with E-state index in [-0.39, 0.29) is 35.8 Å². The topological polar surface area (TPSA) is 128 Å². The number of ketones is 2. The van der Waals surface area contributed by atoms with Crippen LogP contribution in [0, 0.1) is 5.92 Å². The van der Waals surface area contributed by atoms with Gasteiger partial charge in [0.1, 0.15) is 5.78 Å². The largest absolute Gasteiger partial charge is 0.370 e. The molecule has 5 N–H and O–H groups in total. The minimum Gasteiger partial charge on any atom is -0.370 e. The zero-order valence-corrected chi connectivity index (χ0v) is 12.3. The Morgan fingerprint density at radius 3 is 2.25 bits per heavy atom. The molecule has 7 nitrogen and oxygen atoms in total. The number of aliphatic imine (C=N–C) groups is 1. The number of nitrogens with one attached hydrogen (secondary N) is 1. The lowest BCUT2D eigenvalue weighted by Gasteiger charge is -2.17. The van der Waals surface area contributed by atoms with Crippen molar-refractivity contribution in [2.75, 3.05) is 6.54 Å². The Bertz CT molecular complexity index is 389. The van der Waals surface area contributed by atoms with Gasteiger partial charge in [0.25, 0.3) is 0 Å². The maximum absolute atomic E-state index is 11.9. The van der Waals surface area contributed by atoms with E-state index in [1.165, 1.54) is 13.8 Å². The molecule has 0 aliphatic rings. The van der Waals surface area contributed by atoms with Gasteiger partial charge in [-0.1, -0.05) is 6.92 Å². The quantitative estimate of drug-likeness (QED) is 0.305. The van der Waals surface area contributed by atoms with E-state index in [1.54, 1.807) is 6.92 Å². The van der Waals surface area contributed by atoms with Crippen LogP contribution in [0.25, 0.3) is 0 Å². The molecule has 0 aromatic rings. The maximum Gasteiger partial charge on any atom is 0.223 e. The average Bonchev–Trinajstić information content (AvgIpc) is 2.32. The first kappa shape index (κ1) is 18.1. The predicted molar refractivity (Wildman–Crippen MR) is 77.0 cm³/mol. The molecule has 0 bridgehead atoms. The van der Waals surface area contributed by atoms with Gasteiger partial charge in [-0.25, -0.2) is 0 Å². The summed E-state index contributed by atoms with van der Waals surface area (Å²) < 4.78 is 0. The van der Waals surface area contributed by atoms with E-state index in [1.807, 2.05) is 0 Å².